The summed E-state index contributed by atoms with van der Waals surface area (Å²) in [7, 11) is -0.0146. The van der Waals surface area contributed by atoms with Crippen molar-refractivity contribution in [2.75, 3.05) is 0 Å². The van der Waals surface area contributed by atoms with Crippen molar-refractivity contribution >= 4 is 16.9 Å². The fourth-order valence-corrected chi connectivity index (χ4v) is 4.84. The Bertz CT molecular complexity index is 994. The van der Waals surface area contributed by atoms with Gasteiger partial charge in [-0.1, -0.05) is 54.6 Å². The zero-order chi connectivity index (χ0) is 21.3. The Labute approximate surface area is 176 Å². The molecule has 0 aliphatic rings. The minimum Gasteiger partial charge on any atom is -0.545 e. The van der Waals surface area contributed by atoms with E-state index in [0.717, 1.165) is 12.1 Å². The van der Waals surface area contributed by atoms with Crippen LogP contribution in [0.4, 0.5) is 8.78 Å². The maximum Gasteiger partial charge on any atom is 0.166 e. The van der Waals surface area contributed by atoms with Crippen LogP contribution in [0.1, 0.15) is 10.4 Å². The Morgan fingerprint density at radius 2 is 1.03 bits per heavy atom. The molecule has 0 heterocycles. The summed E-state index contributed by atoms with van der Waals surface area (Å²) >= 11 is 0. The van der Waals surface area contributed by atoms with Crippen molar-refractivity contribution in [1.82, 2.24) is 0 Å². The van der Waals surface area contributed by atoms with Gasteiger partial charge in [-0.3, -0.25) is 0 Å². The van der Waals surface area contributed by atoms with Gasteiger partial charge in [0.1, 0.15) is 11.6 Å². The number of carboxylic acid groups (broad SMARTS) is 1. The van der Waals surface area contributed by atoms with Gasteiger partial charge in [0.25, 0.3) is 0 Å². The predicted octanol–water partition coefficient (Wildman–Crippen LogP) is 5.11. The van der Waals surface area contributed by atoms with Gasteiger partial charge >= 0.3 is 0 Å². The number of rotatable bonds is 4. The van der Waals surface area contributed by atoms with E-state index in [-0.39, 0.29) is 10.9 Å². The highest BCUT2D eigenvalue weighted by molar-refractivity contribution is 7.97. The van der Waals surface area contributed by atoms with Crippen molar-refractivity contribution in [1.29, 1.82) is 0 Å². The molecular weight excluding hydrogens is 402 g/mol. The van der Waals surface area contributed by atoms with Gasteiger partial charge in [-0.15, -0.1) is 0 Å². The molecule has 0 N–H and O–H groups in total. The van der Waals surface area contributed by atoms with Crippen LogP contribution in [0, 0.1) is 11.6 Å². The van der Waals surface area contributed by atoms with E-state index in [9.17, 15) is 18.7 Å². The number of hydrogen-bond acceptors (Lipinski definition) is 2. The van der Waals surface area contributed by atoms with Gasteiger partial charge in [0.05, 0.1) is 16.9 Å². The van der Waals surface area contributed by atoms with Gasteiger partial charge in [0.15, 0.2) is 14.7 Å². The Hall–Kier alpha value is -3.44. The molecule has 0 aliphatic carbocycles. The molecule has 2 nitrogen and oxygen atoms in total. The van der Waals surface area contributed by atoms with E-state index in [4.69, 9.17) is 0 Å². The molecule has 4 aromatic carbocycles. The highest BCUT2D eigenvalue weighted by Gasteiger charge is 2.27. The molecule has 4 rings (SSSR count). The zero-order valence-corrected chi connectivity index (χ0v) is 16.7. The smallest absolute Gasteiger partial charge is 0.166 e. The fraction of sp³-hybridized carbons (Fsp3) is 0. The van der Waals surface area contributed by atoms with Crippen LogP contribution in [0.3, 0.4) is 0 Å². The Morgan fingerprint density at radius 1 is 0.633 bits per heavy atom. The summed E-state index contributed by atoms with van der Waals surface area (Å²) < 4.78 is 24.6. The van der Waals surface area contributed by atoms with Crippen molar-refractivity contribution in [3.05, 3.63) is 126 Å². The second-order valence-electron chi connectivity index (χ2n) is 6.16. The molecule has 0 aliphatic heterocycles. The molecule has 150 valence electrons. The number of carbonyl (C=O) groups is 1. The Balaban J connectivity index is 0.000000199. The monoisotopic (exact) mass is 420 g/mol. The van der Waals surface area contributed by atoms with Gasteiger partial charge in [-0.2, -0.15) is 0 Å². The van der Waals surface area contributed by atoms with Crippen LogP contribution in [0.2, 0.25) is 0 Å². The van der Waals surface area contributed by atoms with E-state index in [0.29, 0.717) is 6.07 Å². The molecule has 30 heavy (non-hydrogen) atoms. The summed E-state index contributed by atoms with van der Waals surface area (Å²) in [4.78, 5) is 14.1. The third kappa shape index (κ3) is 5.55. The van der Waals surface area contributed by atoms with Crippen LogP contribution < -0.4 is 5.11 Å². The van der Waals surface area contributed by atoms with Gasteiger partial charge in [-0.05, 0) is 48.5 Å². The number of halogens is 2. The lowest BCUT2D eigenvalue weighted by Crippen LogP contribution is -2.23. The van der Waals surface area contributed by atoms with Crippen LogP contribution in [-0.2, 0) is 10.9 Å². The molecule has 0 atom stereocenters. The third-order valence-electron chi connectivity index (χ3n) is 4.09. The van der Waals surface area contributed by atoms with Gasteiger partial charge in [-0.25, -0.2) is 8.78 Å². The number of benzene rings is 4. The van der Waals surface area contributed by atoms with Crippen molar-refractivity contribution in [2.45, 2.75) is 14.7 Å². The second-order valence-corrected chi connectivity index (χ2v) is 8.18. The lowest BCUT2D eigenvalue weighted by Gasteiger charge is -2.07. The van der Waals surface area contributed by atoms with Crippen LogP contribution in [0.15, 0.2) is 124 Å². The molecule has 0 spiro atoms. The van der Waals surface area contributed by atoms with Crippen molar-refractivity contribution in [2.24, 2.45) is 0 Å². The quantitative estimate of drug-likeness (QED) is 0.431. The molecule has 0 saturated carbocycles. The number of aromatic carboxylic acids is 1. The van der Waals surface area contributed by atoms with E-state index >= 15 is 0 Å². The number of carboxylic acids is 1. The van der Waals surface area contributed by atoms with Crippen LogP contribution in [0.5, 0.6) is 0 Å². The standard InChI is InChI=1S/C18H15S.C7H4F2O2/c1-4-10-16(11-5-1)19(17-12-6-2-7-13-17)18-14-8-3-9-15-18;8-4-1-2-5(7(10)11)6(9)3-4/h1-15H;1-3H,(H,10,11)/q+1;/p-1. The molecule has 0 unspecified atom stereocenters. The SMILES string of the molecule is O=C([O-])c1ccc(F)cc1F.c1ccc([S+](c2ccccc2)c2ccccc2)cc1. The molecule has 0 saturated heterocycles. The normalized spacial score (nSPS) is 10.2. The molecule has 5 heteroatoms. The highest BCUT2D eigenvalue weighted by atomic mass is 32.2. The van der Waals surface area contributed by atoms with E-state index < -0.39 is 23.2 Å². The zero-order valence-electron chi connectivity index (χ0n) is 15.9. The molecule has 0 radical (unpaired) electrons. The topological polar surface area (TPSA) is 40.1 Å². The largest absolute Gasteiger partial charge is 0.545 e. The summed E-state index contributed by atoms with van der Waals surface area (Å²) in [6.07, 6.45) is 0. The molecule has 0 fully saturated rings. The Morgan fingerprint density at radius 3 is 1.37 bits per heavy atom. The summed E-state index contributed by atoms with van der Waals surface area (Å²) in [5.41, 5.74) is -0.633. The predicted molar refractivity (Wildman–Crippen MR) is 112 cm³/mol. The lowest BCUT2D eigenvalue weighted by molar-refractivity contribution is -0.255. The molecule has 0 bridgehead atoms. The first kappa shape index (κ1) is 21.3. The van der Waals surface area contributed by atoms with E-state index in [1.54, 1.807) is 0 Å². The first-order valence-corrected chi connectivity index (χ1v) is 10.3. The van der Waals surface area contributed by atoms with Gasteiger partial charge in [0, 0.05) is 11.6 Å². The fourth-order valence-electron chi connectivity index (χ4n) is 2.73. The van der Waals surface area contributed by atoms with E-state index in [1.165, 1.54) is 14.7 Å². The summed E-state index contributed by atoms with van der Waals surface area (Å²) in [6, 6.07) is 34.3. The third-order valence-corrected chi connectivity index (χ3v) is 6.32. The molecule has 0 aromatic heterocycles. The first-order valence-electron chi connectivity index (χ1n) is 9.12. The highest BCUT2D eigenvalue weighted by Crippen LogP contribution is 2.30. The summed E-state index contributed by atoms with van der Waals surface area (Å²) in [5, 5.41) is 10.1. The summed E-state index contributed by atoms with van der Waals surface area (Å²) in [6.45, 7) is 0. The lowest BCUT2D eigenvalue weighted by atomic mass is 10.2. The molecule has 0 amide bonds. The maximum absolute atomic E-state index is 12.4. The first-order chi connectivity index (χ1) is 14.6. The minimum absolute atomic E-state index is 0.0146. The van der Waals surface area contributed by atoms with E-state index in [2.05, 4.69) is 91.0 Å². The van der Waals surface area contributed by atoms with Crippen LogP contribution >= 0.6 is 0 Å². The number of hydrogen-bond donors (Lipinski definition) is 0. The Kier molecular flexibility index (Phi) is 7.35. The van der Waals surface area contributed by atoms with Crippen LogP contribution in [0.25, 0.3) is 0 Å². The maximum atomic E-state index is 12.4. The van der Waals surface area contributed by atoms with Crippen molar-refractivity contribution in [3.8, 4) is 0 Å². The number of carbonyl (C=O) groups excluding carboxylic acids is 1. The average Bonchev–Trinajstić information content (AvgIpc) is 2.76. The van der Waals surface area contributed by atoms with E-state index in [1.807, 2.05) is 0 Å². The van der Waals surface area contributed by atoms with Crippen molar-refractivity contribution < 1.29 is 18.7 Å². The second kappa shape index (κ2) is 10.4. The average molecular weight is 420 g/mol. The molecular formula is C25H18F2O2S. The minimum atomic E-state index is -1.65. The molecule has 4 aromatic rings. The van der Waals surface area contributed by atoms with Gasteiger partial charge < -0.3 is 9.90 Å². The summed E-state index contributed by atoms with van der Waals surface area (Å²) in [5.74, 6) is -3.58. The van der Waals surface area contributed by atoms with Crippen LogP contribution in [-0.4, -0.2) is 5.97 Å². The van der Waals surface area contributed by atoms with Crippen molar-refractivity contribution in [3.63, 3.8) is 0 Å². The van der Waals surface area contributed by atoms with Gasteiger partial charge in [0.2, 0.25) is 0 Å².